The molecule has 1 aromatic heterocycles. The predicted octanol–water partition coefficient (Wildman–Crippen LogP) is 2.29. The number of carbonyl (C=O) groups is 2. The highest BCUT2D eigenvalue weighted by Crippen LogP contribution is 2.14. The molecule has 130 valence electrons. The topological polar surface area (TPSA) is 63.0 Å². The average molecular weight is 340 g/mol. The van der Waals surface area contributed by atoms with Crippen LogP contribution in [0.15, 0.2) is 53.2 Å². The Balaban J connectivity index is 1.54. The van der Waals surface area contributed by atoms with E-state index in [1.807, 2.05) is 24.3 Å². The van der Waals surface area contributed by atoms with Crippen molar-refractivity contribution < 1.29 is 18.7 Å². The molecular formula is C19H20N2O4. The van der Waals surface area contributed by atoms with Crippen molar-refractivity contribution in [2.24, 2.45) is 0 Å². The fourth-order valence-electron chi connectivity index (χ4n) is 2.70. The number of amides is 2. The van der Waals surface area contributed by atoms with Crippen LogP contribution in [0.3, 0.4) is 0 Å². The number of piperazine rings is 1. The zero-order valence-corrected chi connectivity index (χ0v) is 14.1. The minimum absolute atomic E-state index is 0.0621. The molecule has 0 aliphatic carbocycles. The van der Waals surface area contributed by atoms with Crippen molar-refractivity contribution >= 4 is 17.9 Å². The van der Waals surface area contributed by atoms with E-state index in [0.717, 1.165) is 11.3 Å². The second-order valence-electron chi connectivity index (χ2n) is 5.70. The van der Waals surface area contributed by atoms with Gasteiger partial charge in [0.05, 0.1) is 13.4 Å². The minimum atomic E-state index is -0.135. The SMILES string of the molecule is COc1cccc(/C=C/C(=O)N2CCN(C(=O)c3ccco3)CC2)c1. The Bertz CT molecular complexity index is 759. The molecule has 2 aromatic rings. The van der Waals surface area contributed by atoms with Crippen LogP contribution in [0.4, 0.5) is 0 Å². The molecule has 1 aromatic carbocycles. The highest BCUT2D eigenvalue weighted by molar-refractivity contribution is 5.93. The highest BCUT2D eigenvalue weighted by atomic mass is 16.5. The van der Waals surface area contributed by atoms with Crippen molar-refractivity contribution in [3.8, 4) is 5.75 Å². The Hall–Kier alpha value is -3.02. The molecule has 2 amide bonds. The smallest absolute Gasteiger partial charge is 0.289 e. The minimum Gasteiger partial charge on any atom is -0.497 e. The van der Waals surface area contributed by atoms with Crippen LogP contribution in [0.2, 0.25) is 0 Å². The molecule has 6 heteroatoms. The number of ether oxygens (including phenoxy) is 1. The zero-order chi connectivity index (χ0) is 17.6. The summed E-state index contributed by atoms with van der Waals surface area (Å²) in [6.07, 6.45) is 4.81. The third-order valence-corrected chi connectivity index (χ3v) is 4.12. The Morgan fingerprint density at radius 3 is 2.52 bits per heavy atom. The van der Waals surface area contributed by atoms with Crippen molar-refractivity contribution in [1.82, 2.24) is 9.80 Å². The first-order valence-corrected chi connectivity index (χ1v) is 8.11. The van der Waals surface area contributed by atoms with Crippen LogP contribution in [0, 0.1) is 0 Å². The molecule has 0 radical (unpaired) electrons. The molecule has 1 aliphatic rings. The normalized spacial score (nSPS) is 14.8. The summed E-state index contributed by atoms with van der Waals surface area (Å²) in [5, 5.41) is 0. The van der Waals surface area contributed by atoms with Gasteiger partial charge in [0.1, 0.15) is 5.75 Å². The van der Waals surface area contributed by atoms with Crippen molar-refractivity contribution in [2.45, 2.75) is 0 Å². The number of rotatable bonds is 4. The third kappa shape index (κ3) is 4.09. The summed E-state index contributed by atoms with van der Waals surface area (Å²) in [5.74, 6) is 0.884. The number of hydrogen-bond acceptors (Lipinski definition) is 4. The number of methoxy groups -OCH3 is 1. The molecular weight excluding hydrogens is 320 g/mol. The lowest BCUT2D eigenvalue weighted by Crippen LogP contribution is -2.50. The summed E-state index contributed by atoms with van der Waals surface area (Å²) in [5.41, 5.74) is 0.902. The van der Waals surface area contributed by atoms with Gasteiger partial charge in [0.25, 0.3) is 5.91 Å². The van der Waals surface area contributed by atoms with E-state index in [1.165, 1.54) is 6.26 Å². The summed E-state index contributed by atoms with van der Waals surface area (Å²) in [6, 6.07) is 10.8. The van der Waals surface area contributed by atoms with Crippen molar-refractivity contribution in [3.63, 3.8) is 0 Å². The summed E-state index contributed by atoms with van der Waals surface area (Å²) < 4.78 is 10.3. The van der Waals surface area contributed by atoms with Crippen LogP contribution in [-0.4, -0.2) is 54.9 Å². The Labute approximate surface area is 146 Å². The van der Waals surface area contributed by atoms with Gasteiger partial charge in [-0.3, -0.25) is 9.59 Å². The van der Waals surface area contributed by atoms with Gasteiger partial charge in [0.15, 0.2) is 5.76 Å². The highest BCUT2D eigenvalue weighted by Gasteiger charge is 2.25. The maximum absolute atomic E-state index is 12.3. The molecule has 0 bridgehead atoms. The number of nitrogens with zero attached hydrogens (tertiary/aromatic N) is 2. The largest absolute Gasteiger partial charge is 0.497 e. The van der Waals surface area contributed by atoms with Gasteiger partial charge in [-0.2, -0.15) is 0 Å². The first-order valence-electron chi connectivity index (χ1n) is 8.11. The zero-order valence-electron chi connectivity index (χ0n) is 14.1. The van der Waals surface area contributed by atoms with Crippen LogP contribution in [0.25, 0.3) is 6.08 Å². The Morgan fingerprint density at radius 2 is 1.84 bits per heavy atom. The number of furan rings is 1. The first kappa shape index (κ1) is 16.8. The standard InChI is InChI=1S/C19H20N2O4/c1-24-16-5-2-4-15(14-16)7-8-18(22)20-9-11-21(12-10-20)19(23)17-6-3-13-25-17/h2-8,13-14H,9-12H2,1H3/b8-7+. The molecule has 1 saturated heterocycles. The van der Waals surface area contributed by atoms with E-state index >= 15 is 0 Å². The first-order chi connectivity index (χ1) is 12.2. The van der Waals surface area contributed by atoms with Gasteiger partial charge < -0.3 is 19.0 Å². The molecule has 0 spiro atoms. The lowest BCUT2D eigenvalue weighted by atomic mass is 10.2. The number of hydrogen-bond donors (Lipinski definition) is 0. The van der Waals surface area contributed by atoms with Gasteiger partial charge in [0, 0.05) is 32.3 Å². The van der Waals surface area contributed by atoms with E-state index in [4.69, 9.17) is 9.15 Å². The molecule has 1 aliphatic heterocycles. The van der Waals surface area contributed by atoms with Crippen LogP contribution >= 0.6 is 0 Å². The van der Waals surface area contributed by atoms with E-state index in [1.54, 1.807) is 41.2 Å². The third-order valence-electron chi connectivity index (χ3n) is 4.12. The monoisotopic (exact) mass is 340 g/mol. The maximum atomic E-state index is 12.3. The van der Waals surface area contributed by atoms with Crippen LogP contribution in [-0.2, 0) is 4.79 Å². The Kier molecular flexibility index (Phi) is 5.18. The summed E-state index contributed by atoms with van der Waals surface area (Å²) in [7, 11) is 1.61. The predicted molar refractivity (Wildman–Crippen MR) is 93.2 cm³/mol. The molecule has 0 atom stereocenters. The van der Waals surface area contributed by atoms with Gasteiger partial charge in [-0.25, -0.2) is 0 Å². The van der Waals surface area contributed by atoms with Gasteiger partial charge >= 0.3 is 0 Å². The molecule has 2 heterocycles. The number of carbonyl (C=O) groups excluding carboxylic acids is 2. The van der Waals surface area contributed by atoms with E-state index in [9.17, 15) is 9.59 Å². The lowest BCUT2D eigenvalue weighted by Gasteiger charge is -2.33. The molecule has 0 N–H and O–H groups in total. The van der Waals surface area contributed by atoms with E-state index in [-0.39, 0.29) is 11.8 Å². The Morgan fingerprint density at radius 1 is 1.08 bits per heavy atom. The van der Waals surface area contributed by atoms with Gasteiger partial charge in [0.2, 0.25) is 5.91 Å². The van der Waals surface area contributed by atoms with E-state index < -0.39 is 0 Å². The van der Waals surface area contributed by atoms with Gasteiger partial charge in [-0.15, -0.1) is 0 Å². The van der Waals surface area contributed by atoms with Crippen molar-refractivity contribution in [1.29, 1.82) is 0 Å². The summed E-state index contributed by atoms with van der Waals surface area (Å²) in [6.45, 7) is 2.01. The fourth-order valence-corrected chi connectivity index (χ4v) is 2.70. The van der Waals surface area contributed by atoms with Crippen LogP contribution in [0.1, 0.15) is 16.1 Å². The molecule has 0 saturated carbocycles. The van der Waals surface area contributed by atoms with Crippen LogP contribution in [0.5, 0.6) is 5.75 Å². The second-order valence-corrected chi connectivity index (χ2v) is 5.70. The molecule has 1 fully saturated rings. The van der Waals surface area contributed by atoms with Crippen molar-refractivity contribution in [3.05, 3.63) is 60.1 Å². The van der Waals surface area contributed by atoms with E-state index in [2.05, 4.69) is 0 Å². The molecule has 25 heavy (non-hydrogen) atoms. The maximum Gasteiger partial charge on any atom is 0.289 e. The molecule has 6 nitrogen and oxygen atoms in total. The number of benzene rings is 1. The molecule has 3 rings (SSSR count). The fraction of sp³-hybridized carbons (Fsp3) is 0.263. The average Bonchev–Trinajstić information content (AvgIpc) is 3.20. The summed E-state index contributed by atoms with van der Waals surface area (Å²) in [4.78, 5) is 28.0. The van der Waals surface area contributed by atoms with E-state index in [0.29, 0.717) is 31.9 Å². The van der Waals surface area contributed by atoms with Crippen molar-refractivity contribution in [2.75, 3.05) is 33.3 Å². The lowest BCUT2D eigenvalue weighted by molar-refractivity contribution is -0.127. The molecule has 0 unspecified atom stereocenters. The van der Waals surface area contributed by atoms with Gasteiger partial charge in [-0.1, -0.05) is 12.1 Å². The second kappa shape index (κ2) is 7.70. The van der Waals surface area contributed by atoms with Gasteiger partial charge in [-0.05, 0) is 35.9 Å². The van der Waals surface area contributed by atoms with Crippen LogP contribution < -0.4 is 4.74 Å². The summed E-state index contributed by atoms with van der Waals surface area (Å²) >= 11 is 0. The quantitative estimate of drug-likeness (QED) is 0.801.